The van der Waals surface area contributed by atoms with E-state index >= 15 is 0 Å². The van der Waals surface area contributed by atoms with Gasteiger partial charge in [-0.25, -0.2) is 4.99 Å². The van der Waals surface area contributed by atoms with Gasteiger partial charge in [0.1, 0.15) is 5.82 Å². The molecule has 2 aliphatic carbocycles. The highest BCUT2D eigenvalue weighted by molar-refractivity contribution is 5.85. The maximum Gasteiger partial charge on any atom is 0.226 e. The summed E-state index contributed by atoms with van der Waals surface area (Å²) in [5.41, 5.74) is 2.85. The first kappa shape index (κ1) is 27.2. The van der Waals surface area contributed by atoms with Crippen LogP contribution in [0.1, 0.15) is 44.9 Å². The molecule has 1 N–H and O–H groups in total. The summed E-state index contributed by atoms with van der Waals surface area (Å²) in [6.45, 7) is 14.7. The molecule has 0 spiro atoms. The molecule has 2 fully saturated rings. The number of hydrogen-bond acceptors (Lipinski definition) is 4. The standard InChI is InChI=1S/C29H46N6/c1-25-11-9-14-26(23-25)15-10-17-31-18-16-28(33(3)4)32-29(30-2)35-21-19-34(20-22-35)24-27-12-7-5-6-8-13-27/h5-7,12-13,16,26,31H,1-2,8-11,14-15,17-24H2,3-4H3/b28-16+,32-29+. The van der Waals surface area contributed by atoms with E-state index in [9.17, 15) is 0 Å². The molecule has 0 aromatic heterocycles. The summed E-state index contributed by atoms with van der Waals surface area (Å²) >= 11 is 0. The Morgan fingerprint density at radius 1 is 1.23 bits per heavy atom. The molecular weight excluding hydrogens is 432 g/mol. The van der Waals surface area contributed by atoms with Crippen LogP contribution >= 0.6 is 0 Å². The minimum absolute atomic E-state index is 0.722. The second-order valence-corrected chi connectivity index (χ2v) is 10.2. The first-order valence-corrected chi connectivity index (χ1v) is 13.3. The van der Waals surface area contributed by atoms with Gasteiger partial charge in [-0.3, -0.25) is 4.90 Å². The van der Waals surface area contributed by atoms with Gasteiger partial charge < -0.3 is 15.1 Å². The van der Waals surface area contributed by atoms with Crippen molar-refractivity contribution in [3.8, 4) is 0 Å². The van der Waals surface area contributed by atoms with Gasteiger partial charge in [-0.05, 0) is 75.8 Å². The molecule has 3 aliphatic rings. The van der Waals surface area contributed by atoms with E-state index in [1.54, 1.807) is 0 Å². The Balaban J connectivity index is 1.43. The van der Waals surface area contributed by atoms with Crippen LogP contribution in [0.4, 0.5) is 0 Å². The summed E-state index contributed by atoms with van der Waals surface area (Å²) in [6, 6.07) is 0. The predicted molar refractivity (Wildman–Crippen MR) is 151 cm³/mol. The maximum absolute atomic E-state index is 4.87. The summed E-state index contributed by atoms with van der Waals surface area (Å²) in [7, 11) is 4.07. The Bertz CT molecular complexity index is 839. The highest BCUT2D eigenvalue weighted by Crippen LogP contribution is 2.30. The molecule has 6 heteroatoms. The molecule has 1 saturated heterocycles. The fourth-order valence-electron chi connectivity index (χ4n) is 5.02. The topological polar surface area (TPSA) is 46.5 Å². The Hall–Kier alpha value is -2.44. The maximum atomic E-state index is 4.87. The molecule has 1 atom stereocenters. The lowest BCUT2D eigenvalue weighted by molar-refractivity contribution is 0.194. The predicted octanol–water partition coefficient (Wildman–Crippen LogP) is 4.62. The minimum Gasteiger partial charge on any atom is -0.363 e. The van der Waals surface area contributed by atoms with Gasteiger partial charge in [0.05, 0.1) is 0 Å². The van der Waals surface area contributed by atoms with Crippen LogP contribution in [0, 0.1) is 5.92 Å². The number of hydrogen-bond donors (Lipinski definition) is 1. The Labute approximate surface area is 213 Å². The van der Waals surface area contributed by atoms with E-state index in [0.29, 0.717) is 0 Å². The molecule has 6 nitrogen and oxygen atoms in total. The van der Waals surface area contributed by atoms with Crippen molar-refractivity contribution in [3.63, 3.8) is 0 Å². The van der Waals surface area contributed by atoms with Crippen LogP contribution in [-0.2, 0) is 0 Å². The number of rotatable bonds is 10. The number of aliphatic imine (C=N–C) groups is 2. The lowest BCUT2D eigenvalue weighted by Crippen LogP contribution is -2.48. The van der Waals surface area contributed by atoms with Crippen molar-refractivity contribution in [2.45, 2.75) is 44.9 Å². The van der Waals surface area contributed by atoms with Gasteiger partial charge in [0, 0.05) is 53.4 Å². The fourth-order valence-corrected chi connectivity index (χ4v) is 5.02. The summed E-state index contributed by atoms with van der Waals surface area (Å²) in [5, 5.41) is 3.56. The molecule has 0 radical (unpaired) electrons. The third kappa shape index (κ3) is 9.61. The molecule has 192 valence electrons. The third-order valence-electron chi connectivity index (χ3n) is 7.06. The molecule has 0 amide bonds. The van der Waals surface area contributed by atoms with E-state index in [2.05, 4.69) is 74.8 Å². The smallest absolute Gasteiger partial charge is 0.226 e. The van der Waals surface area contributed by atoms with Crippen molar-refractivity contribution in [3.05, 3.63) is 60.0 Å². The van der Waals surface area contributed by atoms with E-state index in [4.69, 9.17) is 4.99 Å². The van der Waals surface area contributed by atoms with E-state index in [0.717, 1.165) is 69.9 Å². The van der Waals surface area contributed by atoms with Crippen molar-refractivity contribution in [2.24, 2.45) is 15.9 Å². The van der Waals surface area contributed by atoms with Gasteiger partial charge in [-0.2, -0.15) is 4.99 Å². The summed E-state index contributed by atoms with van der Waals surface area (Å²) in [5.74, 6) is 2.49. The summed E-state index contributed by atoms with van der Waals surface area (Å²) < 4.78 is 0. The highest BCUT2D eigenvalue weighted by atomic mass is 15.3. The average molecular weight is 479 g/mol. The minimum atomic E-state index is 0.722. The SMILES string of the molecule is C=N/C(=N\C(=C/CNCCCC1CCCC(=C)C1)N(C)C)N1CCN(CC2=CCC=CC=C2)CC1. The lowest BCUT2D eigenvalue weighted by atomic mass is 9.83. The van der Waals surface area contributed by atoms with Gasteiger partial charge in [0.25, 0.3) is 0 Å². The third-order valence-corrected chi connectivity index (χ3v) is 7.06. The number of guanidine groups is 1. The zero-order valence-electron chi connectivity index (χ0n) is 22.1. The lowest BCUT2D eigenvalue weighted by Gasteiger charge is -2.35. The van der Waals surface area contributed by atoms with Crippen LogP contribution in [0.3, 0.4) is 0 Å². The van der Waals surface area contributed by atoms with Crippen LogP contribution in [0.5, 0.6) is 0 Å². The highest BCUT2D eigenvalue weighted by Gasteiger charge is 2.20. The van der Waals surface area contributed by atoms with E-state index in [1.165, 1.54) is 49.7 Å². The second-order valence-electron chi connectivity index (χ2n) is 10.2. The zero-order chi connectivity index (χ0) is 24.9. The average Bonchev–Trinajstić information content (AvgIpc) is 3.12. The molecule has 35 heavy (non-hydrogen) atoms. The fraction of sp³-hybridized carbons (Fsp3) is 0.586. The molecular formula is C29H46N6. The first-order chi connectivity index (χ1) is 17.0. The zero-order valence-corrected chi connectivity index (χ0v) is 22.1. The van der Waals surface area contributed by atoms with E-state index in [-0.39, 0.29) is 0 Å². The van der Waals surface area contributed by atoms with Gasteiger partial charge in [-0.1, -0.05) is 42.5 Å². The molecule has 0 aromatic rings. The largest absolute Gasteiger partial charge is 0.363 e. The number of nitrogens with one attached hydrogen (secondary N) is 1. The normalized spacial score (nSPS) is 22.2. The van der Waals surface area contributed by atoms with Gasteiger partial charge in [0.2, 0.25) is 5.96 Å². The van der Waals surface area contributed by atoms with E-state index in [1.807, 2.05) is 14.1 Å². The van der Waals surface area contributed by atoms with Crippen molar-refractivity contribution < 1.29 is 0 Å². The molecule has 1 heterocycles. The van der Waals surface area contributed by atoms with Gasteiger partial charge in [0.15, 0.2) is 0 Å². The van der Waals surface area contributed by atoms with Crippen LogP contribution in [0.15, 0.2) is 70.0 Å². The number of allylic oxidation sites excluding steroid dienone is 5. The van der Waals surface area contributed by atoms with Crippen LogP contribution in [0.2, 0.25) is 0 Å². The second kappa shape index (κ2) is 14.8. The summed E-state index contributed by atoms with van der Waals surface area (Å²) in [4.78, 5) is 16.0. The summed E-state index contributed by atoms with van der Waals surface area (Å²) in [6.07, 6.45) is 21.9. The first-order valence-electron chi connectivity index (χ1n) is 13.3. The van der Waals surface area contributed by atoms with Crippen LogP contribution in [-0.4, -0.2) is 87.3 Å². The molecule has 1 saturated carbocycles. The number of nitrogens with zero attached hydrogens (tertiary/aromatic N) is 5. The molecule has 0 aromatic carbocycles. The van der Waals surface area contributed by atoms with Crippen molar-refractivity contribution in [1.29, 1.82) is 0 Å². The van der Waals surface area contributed by atoms with Crippen LogP contribution in [0.25, 0.3) is 0 Å². The Kier molecular flexibility index (Phi) is 11.5. The molecule has 3 rings (SSSR count). The Morgan fingerprint density at radius 3 is 2.80 bits per heavy atom. The van der Waals surface area contributed by atoms with Gasteiger partial charge >= 0.3 is 0 Å². The van der Waals surface area contributed by atoms with Crippen LogP contribution < -0.4 is 5.32 Å². The Morgan fingerprint density at radius 2 is 2.06 bits per heavy atom. The number of piperazine rings is 1. The molecule has 1 aliphatic heterocycles. The quantitative estimate of drug-likeness (QED) is 0.215. The van der Waals surface area contributed by atoms with E-state index < -0.39 is 0 Å². The monoisotopic (exact) mass is 478 g/mol. The van der Waals surface area contributed by atoms with Crippen molar-refractivity contribution in [1.82, 2.24) is 20.0 Å². The molecule has 0 bridgehead atoms. The van der Waals surface area contributed by atoms with Gasteiger partial charge in [-0.15, -0.1) is 0 Å². The van der Waals surface area contributed by atoms with Crippen molar-refractivity contribution in [2.75, 3.05) is 59.9 Å². The molecule has 1 unspecified atom stereocenters. The van der Waals surface area contributed by atoms with Crippen molar-refractivity contribution >= 4 is 12.7 Å².